The van der Waals surface area contributed by atoms with Gasteiger partial charge in [-0.25, -0.2) is 0 Å². The van der Waals surface area contributed by atoms with E-state index in [0.717, 1.165) is 6.42 Å². The van der Waals surface area contributed by atoms with Gasteiger partial charge in [-0.3, -0.25) is 9.59 Å². The van der Waals surface area contributed by atoms with Crippen LogP contribution in [0.4, 0.5) is 0 Å². The van der Waals surface area contributed by atoms with Crippen LogP contribution in [0.3, 0.4) is 0 Å². The van der Waals surface area contributed by atoms with Crippen molar-refractivity contribution < 1.29 is 19.1 Å². The molecule has 1 rings (SSSR count). The van der Waals surface area contributed by atoms with E-state index < -0.39 is 5.97 Å². The van der Waals surface area contributed by atoms with E-state index in [2.05, 4.69) is 0 Å². The number of carboxylic acid groups (broad SMARTS) is 1. The van der Waals surface area contributed by atoms with Gasteiger partial charge in [0.15, 0.2) is 0 Å². The summed E-state index contributed by atoms with van der Waals surface area (Å²) in [5, 5.41) is 8.80. The van der Waals surface area contributed by atoms with E-state index in [0.29, 0.717) is 24.2 Å². The SMILES string of the molecule is CCCN(CC)C(=O)c1c(C)coc1CC(=O)O. The molecule has 0 aromatic carbocycles. The summed E-state index contributed by atoms with van der Waals surface area (Å²) in [5.74, 6) is -0.918. The summed E-state index contributed by atoms with van der Waals surface area (Å²) in [7, 11) is 0. The van der Waals surface area contributed by atoms with E-state index in [-0.39, 0.29) is 18.1 Å². The van der Waals surface area contributed by atoms with Crippen molar-refractivity contribution in [1.29, 1.82) is 0 Å². The predicted octanol–water partition coefficient (Wildman–Crippen LogP) is 2.09. The maximum Gasteiger partial charge on any atom is 0.311 e. The number of carbonyl (C=O) groups excluding carboxylic acids is 1. The van der Waals surface area contributed by atoms with Gasteiger partial charge in [-0.1, -0.05) is 6.92 Å². The highest BCUT2D eigenvalue weighted by Crippen LogP contribution is 2.19. The highest BCUT2D eigenvalue weighted by Gasteiger charge is 2.23. The fraction of sp³-hybridized carbons (Fsp3) is 0.538. The van der Waals surface area contributed by atoms with Gasteiger partial charge in [-0.05, 0) is 20.3 Å². The number of nitrogens with zero attached hydrogens (tertiary/aromatic N) is 1. The minimum atomic E-state index is -1.00. The molecule has 0 radical (unpaired) electrons. The van der Waals surface area contributed by atoms with E-state index in [1.807, 2.05) is 13.8 Å². The molecule has 0 unspecified atom stereocenters. The molecule has 1 aromatic heterocycles. The largest absolute Gasteiger partial charge is 0.481 e. The van der Waals surface area contributed by atoms with Crippen molar-refractivity contribution in [2.45, 2.75) is 33.6 Å². The number of aryl methyl sites for hydroxylation is 1. The summed E-state index contributed by atoms with van der Waals surface area (Å²) in [6, 6.07) is 0. The van der Waals surface area contributed by atoms with Crippen LogP contribution in [-0.2, 0) is 11.2 Å². The normalized spacial score (nSPS) is 10.4. The van der Waals surface area contributed by atoms with Crippen LogP contribution in [0, 0.1) is 6.92 Å². The van der Waals surface area contributed by atoms with Crippen LogP contribution in [0.25, 0.3) is 0 Å². The molecule has 0 aliphatic carbocycles. The first kappa shape index (κ1) is 14.3. The molecule has 0 saturated heterocycles. The van der Waals surface area contributed by atoms with Crippen molar-refractivity contribution >= 4 is 11.9 Å². The Morgan fingerprint density at radius 1 is 1.39 bits per heavy atom. The third-order valence-corrected chi connectivity index (χ3v) is 2.74. The molecule has 0 aliphatic heterocycles. The zero-order valence-electron chi connectivity index (χ0n) is 11.0. The van der Waals surface area contributed by atoms with Gasteiger partial charge in [-0.15, -0.1) is 0 Å². The van der Waals surface area contributed by atoms with E-state index >= 15 is 0 Å². The van der Waals surface area contributed by atoms with Crippen molar-refractivity contribution in [3.05, 3.63) is 23.2 Å². The van der Waals surface area contributed by atoms with Gasteiger partial charge in [0.2, 0.25) is 0 Å². The van der Waals surface area contributed by atoms with E-state index in [4.69, 9.17) is 9.52 Å². The fourth-order valence-corrected chi connectivity index (χ4v) is 1.88. The number of amides is 1. The Morgan fingerprint density at radius 2 is 2.06 bits per heavy atom. The maximum absolute atomic E-state index is 12.3. The molecule has 5 heteroatoms. The molecule has 1 aromatic rings. The van der Waals surface area contributed by atoms with Crippen molar-refractivity contribution in [3.8, 4) is 0 Å². The lowest BCUT2D eigenvalue weighted by molar-refractivity contribution is -0.136. The second kappa shape index (κ2) is 6.23. The van der Waals surface area contributed by atoms with Gasteiger partial charge in [0.25, 0.3) is 5.91 Å². The molecular formula is C13H19NO4. The standard InChI is InChI=1S/C13H19NO4/c1-4-6-14(5-2)13(17)12-9(3)8-18-10(12)7-11(15)16/h8H,4-7H2,1-3H3,(H,15,16). The summed E-state index contributed by atoms with van der Waals surface area (Å²) < 4.78 is 5.17. The molecular weight excluding hydrogens is 234 g/mol. The monoisotopic (exact) mass is 253 g/mol. The van der Waals surface area contributed by atoms with Crippen LogP contribution in [0.15, 0.2) is 10.7 Å². The maximum atomic E-state index is 12.3. The Hall–Kier alpha value is -1.78. The number of rotatable bonds is 6. The van der Waals surface area contributed by atoms with Crippen LogP contribution >= 0.6 is 0 Å². The molecule has 0 spiro atoms. The Kier molecular flexibility index (Phi) is 4.95. The molecule has 1 N–H and O–H groups in total. The van der Waals surface area contributed by atoms with Crippen molar-refractivity contribution in [2.75, 3.05) is 13.1 Å². The lowest BCUT2D eigenvalue weighted by Crippen LogP contribution is -2.32. The summed E-state index contributed by atoms with van der Waals surface area (Å²) in [6.45, 7) is 6.91. The minimum absolute atomic E-state index is 0.151. The summed E-state index contributed by atoms with van der Waals surface area (Å²) in [5.41, 5.74) is 1.08. The predicted molar refractivity (Wildman–Crippen MR) is 66.7 cm³/mol. The third kappa shape index (κ3) is 3.12. The average Bonchev–Trinajstić information content (AvgIpc) is 2.65. The van der Waals surface area contributed by atoms with Crippen LogP contribution in [-0.4, -0.2) is 35.0 Å². The van der Waals surface area contributed by atoms with Crippen molar-refractivity contribution in [3.63, 3.8) is 0 Å². The Morgan fingerprint density at radius 3 is 2.56 bits per heavy atom. The minimum Gasteiger partial charge on any atom is -0.481 e. The Balaban J connectivity index is 3.03. The Bertz CT molecular complexity index is 436. The van der Waals surface area contributed by atoms with Gasteiger partial charge in [0.05, 0.1) is 11.8 Å². The van der Waals surface area contributed by atoms with Crippen molar-refractivity contribution in [1.82, 2.24) is 4.90 Å². The second-order valence-electron chi connectivity index (χ2n) is 4.17. The molecule has 100 valence electrons. The summed E-state index contributed by atoms with van der Waals surface area (Å²) in [6.07, 6.45) is 2.04. The zero-order chi connectivity index (χ0) is 13.7. The first-order valence-electron chi connectivity index (χ1n) is 6.09. The number of furan rings is 1. The molecule has 1 heterocycles. The molecule has 0 bridgehead atoms. The quantitative estimate of drug-likeness (QED) is 0.842. The van der Waals surface area contributed by atoms with Crippen LogP contribution in [0.2, 0.25) is 0 Å². The van der Waals surface area contributed by atoms with Crippen LogP contribution in [0.1, 0.15) is 41.9 Å². The molecule has 0 atom stereocenters. The zero-order valence-corrected chi connectivity index (χ0v) is 11.0. The first-order chi connectivity index (χ1) is 8.51. The van der Waals surface area contributed by atoms with Gasteiger partial charge >= 0.3 is 5.97 Å². The van der Waals surface area contributed by atoms with Gasteiger partial charge in [-0.2, -0.15) is 0 Å². The molecule has 1 amide bonds. The highest BCUT2D eigenvalue weighted by atomic mass is 16.4. The number of hydrogen-bond acceptors (Lipinski definition) is 3. The van der Waals surface area contributed by atoms with E-state index in [9.17, 15) is 9.59 Å². The van der Waals surface area contributed by atoms with E-state index in [1.165, 1.54) is 6.26 Å². The lowest BCUT2D eigenvalue weighted by Gasteiger charge is -2.20. The van der Waals surface area contributed by atoms with Gasteiger partial charge < -0.3 is 14.4 Å². The Labute approximate surface area is 106 Å². The number of carbonyl (C=O) groups is 2. The fourth-order valence-electron chi connectivity index (χ4n) is 1.88. The summed E-state index contributed by atoms with van der Waals surface area (Å²) in [4.78, 5) is 24.8. The topological polar surface area (TPSA) is 70.8 Å². The number of carboxylic acids is 1. The van der Waals surface area contributed by atoms with Gasteiger partial charge in [0, 0.05) is 18.7 Å². The average molecular weight is 253 g/mol. The molecule has 0 saturated carbocycles. The van der Waals surface area contributed by atoms with Crippen molar-refractivity contribution in [2.24, 2.45) is 0 Å². The molecule has 18 heavy (non-hydrogen) atoms. The van der Waals surface area contributed by atoms with Gasteiger partial charge in [0.1, 0.15) is 12.2 Å². The van der Waals surface area contributed by atoms with Crippen LogP contribution in [0.5, 0.6) is 0 Å². The smallest absolute Gasteiger partial charge is 0.311 e. The lowest BCUT2D eigenvalue weighted by atomic mass is 10.1. The highest BCUT2D eigenvalue weighted by molar-refractivity contribution is 5.97. The van der Waals surface area contributed by atoms with Crippen LogP contribution < -0.4 is 0 Å². The first-order valence-corrected chi connectivity index (χ1v) is 6.09. The van der Waals surface area contributed by atoms with E-state index in [1.54, 1.807) is 11.8 Å². The molecule has 0 aliphatic rings. The summed E-state index contributed by atoms with van der Waals surface area (Å²) >= 11 is 0. The third-order valence-electron chi connectivity index (χ3n) is 2.74. The molecule has 5 nitrogen and oxygen atoms in total. The number of aliphatic carboxylic acids is 1. The second-order valence-corrected chi connectivity index (χ2v) is 4.17. The molecule has 0 fully saturated rings. The number of hydrogen-bond donors (Lipinski definition) is 1.